The molecule has 0 fully saturated rings. The van der Waals surface area contributed by atoms with Crippen molar-refractivity contribution in [2.75, 3.05) is 7.05 Å². The summed E-state index contributed by atoms with van der Waals surface area (Å²) in [5, 5.41) is 2.01. The van der Waals surface area contributed by atoms with Crippen LogP contribution in [0.4, 0.5) is 0 Å². The molecule has 0 aromatic carbocycles. The van der Waals surface area contributed by atoms with Crippen LogP contribution in [0.2, 0.25) is 0 Å². The van der Waals surface area contributed by atoms with Gasteiger partial charge in [-0.15, -0.1) is 0 Å². The molecule has 0 radical (unpaired) electrons. The third-order valence-electron chi connectivity index (χ3n) is 2.13. The van der Waals surface area contributed by atoms with Crippen molar-refractivity contribution in [2.45, 2.75) is 32.4 Å². The van der Waals surface area contributed by atoms with Crippen molar-refractivity contribution in [3.05, 3.63) is 12.7 Å². The Bertz CT molecular complexity index is 180. The minimum atomic E-state index is -0.444. The molecular formula is C9H18BrNO2. The Hall–Kier alpha value is -0.350. The number of ether oxygens (including phenoxy) is 1. The van der Waals surface area contributed by atoms with E-state index in [1.165, 1.54) is 6.08 Å². The fraction of sp³-hybridized carbons (Fsp3) is 0.667. The molecule has 0 aromatic rings. The monoisotopic (exact) mass is 251 g/mol. The van der Waals surface area contributed by atoms with Crippen molar-refractivity contribution in [1.29, 1.82) is 0 Å². The summed E-state index contributed by atoms with van der Waals surface area (Å²) in [5.74, 6) is -0.367. The van der Waals surface area contributed by atoms with Gasteiger partial charge in [-0.05, 0) is 20.8 Å². The zero-order valence-corrected chi connectivity index (χ0v) is 10.2. The van der Waals surface area contributed by atoms with E-state index in [0.29, 0.717) is 0 Å². The topological polar surface area (TPSA) is 42.9 Å². The highest BCUT2D eigenvalue weighted by Crippen LogP contribution is 2.12. The molecule has 0 aliphatic rings. The Labute approximate surface area is 90.3 Å². The average Bonchev–Trinajstić information content (AvgIpc) is 2.02. The van der Waals surface area contributed by atoms with E-state index in [1.54, 1.807) is 0 Å². The number of likely N-dealkylation sites (N-methyl/N-ethyl adjacent to an activating group) is 1. The smallest absolute Gasteiger partial charge is 0.330 e. The maximum atomic E-state index is 10.9. The lowest BCUT2D eigenvalue weighted by Gasteiger charge is -2.27. The van der Waals surface area contributed by atoms with Crippen molar-refractivity contribution in [1.82, 2.24) is 0 Å². The second-order valence-corrected chi connectivity index (χ2v) is 3.35. The van der Waals surface area contributed by atoms with Gasteiger partial charge in [0.05, 0.1) is 7.05 Å². The van der Waals surface area contributed by atoms with Gasteiger partial charge in [0.15, 0.2) is 5.60 Å². The second-order valence-electron chi connectivity index (χ2n) is 3.35. The van der Waals surface area contributed by atoms with E-state index in [4.69, 9.17) is 4.74 Å². The van der Waals surface area contributed by atoms with Crippen LogP contribution in [-0.4, -0.2) is 24.7 Å². The van der Waals surface area contributed by atoms with Crippen molar-refractivity contribution < 1.29 is 31.8 Å². The van der Waals surface area contributed by atoms with Gasteiger partial charge in [0.2, 0.25) is 0 Å². The van der Waals surface area contributed by atoms with Crippen molar-refractivity contribution >= 4 is 5.97 Å². The number of carbonyl (C=O) groups excluding carboxylic acids is 1. The van der Waals surface area contributed by atoms with Crippen LogP contribution in [-0.2, 0) is 9.53 Å². The molecule has 1 atom stereocenters. The quantitative estimate of drug-likeness (QED) is 0.430. The van der Waals surface area contributed by atoms with Crippen molar-refractivity contribution in [3.8, 4) is 0 Å². The largest absolute Gasteiger partial charge is 1.00 e. The molecule has 2 N–H and O–H groups in total. The highest BCUT2D eigenvalue weighted by atomic mass is 79.9. The molecular weight excluding hydrogens is 234 g/mol. The Kier molecular flexibility index (Phi) is 7.17. The third-order valence-corrected chi connectivity index (χ3v) is 2.13. The second kappa shape index (κ2) is 6.16. The van der Waals surface area contributed by atoms with Crippen molar-refractivity contribution in [2.24, 2.45) is 0 Å². The summed E-state index contributed by atoms with van der Waals surface area (Å²) in [6.45, 7) is 9.13. The van der Waals surface area contributed by atoms with E-state index < -0.39 is 5.60 Å². The van der Waals surface area contributed by atoms with Gasteiger partial charge in [-0.2, -0.15) is 0 Å². The first kappa shape index (κ1) is 15.1. The fourth-order valence-electron chi connectivity index (χ4n) is 0.795. The van der Waals surface area contributed by atoms with E-state index in [0.717, 1.165) is 0 Å². The lowest BCUT2D eigenvalue weighted by Crippen LogP contribution is -3.00. The normalized spacial score (nSPS) is 12.6. The van der Waals surface area contributed by atoms with Crippen LogP contribution in [0.15, 0.2) is 12.7 Å². The predicted octanol–water partition coefficient (Wildman–Crippen LogP) is -2.92. The van der Waals surface area contributed by atoms with Crippen LogP contribution in [0, 0.1) is 0 Å². The maximum Gasteiger partial charge on any atom is 0.330 e. The number of hydrogen-bond acceptors (Lipinski definition) is 2. The molecule has 3 nitrogen and oxygen atoms in total. The van der Waals surface area contributed by atoms with Crippen LogP contribution in [0.5, 0.6) is 0 Å². The zero-order chi connectivity index (χ0) is 9.78. The molecule has 13 heavy (non-hydrogen) atoms. The van der Waals surface area contributed by atoms with Crippen molar-refractivity contribution in [3.63, 3.8) is 0 Å². The fourth-order valence-corrected chi connectivity index (χ4v) is 0.795. The summed E-state index contributed by atoms with van der Waals surface area (Å²) >= 11 is 0. The highest BCUT2D eigenvalue weighted by molar-refractivity contribution is 5.81. The number of hydrogen-bond donors (Lipinski definition) is 1. The number of esters is 1. The molecule has 0 rings (SSSR count). The Morgan fingerprint density at radius 3 is 2.38 bits per heavy atom. The van der Waals surface area contributed by atoms with Gasteiger partial charge in [0, 0.05) is 6.08 Å². The number of quaternary nitrogens is 1. The number of rotatable bonds is 4. The number of nitrogens with two attached hydrogens (primary N) is 1. The van der Waals surface area contributed by atoms with E-state index in [2.05, 4.69) is 6.58 Å². The van der Waals surface area contributed by atoms with Crippen LogP contribution >= 0.6 is 0 Å². The number of carbonyl (C=O) groups is 1. The molecule has 0 aliphatic carbocycles. The van der Waals surface area contributed by atoms with Gasteiger partial charge in [-0.1, -0.05) is 6.58 Å². The summed E-state index contributed by atoms with van der Waals surface area (Å²) in [4.78, 5) is 10.9. The van der Waals surface area contributed by atoms with E-state index in [-0.39, 0.29) is 29.0 Å². The Balaban J connectivity index is 0. The third kappa shape index (κ3) is 5.05. The van der Waals surface area contributed by atoms with Gasteiger partial charge in [0.25, 0.3) is 0 Å². The minimum Gasteiger partial charge on any atom is -1.00 e. The van der Waals surface area contributed by atoms with Gasteiger partial charge >= 0.3 is 5.97 Å². The molecule has 1 unspecified atom stereocenters. The van der Waals surface area contributed by atoms with E-state index in [1.807, 2.05) is 33.1 Å². The summed E-state index contributed by atoms with van der Waals surface area (Å²) in [7, 11) is 1.95. The summed E-state index contributed by atoms with van der Waals surface area (Å²) in [5.41, 5.74) is -0.444. The molecule has 0 heterocycles. The van der Waals surface area contributed by atoms with Gasteiger partial charge in [0.1, 0.15) is 6.04 Å². The van der Waals surface area contributed by atoms with E-state index in [9.17, 15) is 4.79 Å². The SMILES string of the molecule is C=CC(=O)OC(C)(C)C(C)[NH2+]C.[Br-]. The molecule has 0 saturated heterocycles. The lowest BCUT2D eigenvalue weighted by molar-refractivity contribution is -0.673. The average molecular weight is 252 g/mol. The van der Waals surface area contributed by atoms with Crippen LogP contribution in [0.3, 0.4) is 0 Å². The summed E-state index contributed by atoms with van der Waals surface area (Å²) in [6, 6.07) is 0.237. The zero-order valence-electron chi connectivity index (χ0n) is 8.63. The Morgan fingerprint density at radius 2 is 2.08 bits per heavy atom. The minimum absolute atomic E-state index is 0. The Morgan fingerprint density at radius 1 is 1.62 bits per heavy atom. The molecule has 0 amide bonds. The van der Waals surface area contributed by atoms with E-state index >= 15 is 0 Å². The van der Waals surface area contributed by atoms with Gasteiger partial charge in [-0.25, -0.2) is 4.79 Å². The summed E-state index contributed by atoms with van der Waals surface area (Å²) in [6.07, 6.45) is 1.18. The first-order valence-corrected chi connectivity index (χ1v) is 4.09. The first-order valence-electron chi connectivity index (χ1n) is 4.09. The molecule has 0 spiro atoms. The molecule has 0 aliphatic heterocycles. The number of halogens is 1. The van der Waals surface area contributed by atoms with Crippen LogP contribution in [0.25, 0.3) is 0 Å². The highest BCUT2D eigenvalue weighted by Gasteiger charge is 2.31. The van der Waals surface area contributed by atoms with Crippen LogP contribution in [0.1, 0.15) is 20.8 Å². The first-order chi connectivity index (χ1) is 5.44. The van der Waals surface area contributed by atoms with Gasteiger partial charge < -0.3 is 27.0 Å². The lowest BCUT2D eigenvalue weighted by atomic mass is 10.0. The molecule has 4 heteroatoms. The van der Waals surface area contributed by atoms with Crippen LogP contribution < -0.4 is 22.3 Å². The molecule has 0 aromatic heterocycles. The van der Waals surface area contributed by atoms with Gasteiger partial charge in [-0.3, -0.25) is 0 Å². The molecule has 0 saturated carbocycles. The summed E-state index contributed by atoms with van der Waals surface area (Å²) < 4.78 is 5.15. The standard InChI is InChI=1S/C9H17NO2.BrH/c1-6-8(11)12-9(3,4)7(2)10-5;/h6-7,10H,1H2,2-5H3;1H. The molecule has 0 bridgehead atoms. The predicted molar refractivity (Wildman–Crippen MR) is 47.7 cm³/mol. The maximum absolute atomic E-state index is 10.9. The molecule has 78 valence electrons.